The zero-order valence-corrected chi connectivity index (χ0v) is 13.5. The molecule has 1 aliphatic heterocycles. The highest BCUT2D eigenvalue weighted by Crippen LogP contribution is 2.32. The van der Waals surface area contributed by atoms with Gasteiger partial charge in [-0.2, -0.15) is 13.2 Å². The van der Waals surface area contributed by atoms with E-state index in [1.54, 1.807) is 0 Å². The van der Waals surface area contributed by atoms with Gasteiger partial charge in [0.05, 0.1) is 17.1 Å². The van der Waals surface area contributed by atoms with E-state index in [1.807, 2.05) is 0 Å². The third kappa shape index (κ3) is 4.50. The van der Waals surface area contributed by atoms with Gasteiger partial charge in [0.2, 0.25) is 11.6 Å². The molecular weight excluding hydrogens is 370 g/mol. The Morgan fingerprint density at radius 3 is 2.64 bits per heavy atom. The summed E-state index contributed by atoms with van der Waals surface area (Å²) in [5.41, 5.74) is -3.44. The molecule has 1 aliphatic rings. The van der Waals surface area contributed by atoms with Crippen LogP contribution < -0.4 is 5.32 Å². The first-order chi connectivity index (χ1) is 11.5. The molecule has 0 spiro atoms. The first kappa shape index (κ1) is 19.2. The Morgan fingerprint density at radius 1 is 1.44 bits per heavy atom. The number of nitrogens with one attached hydrogen (secondary N) is 1. The van der Waals surface area contributed by atoms with Crippen molar-refractivity contribution < 1.29 is 32.3 Å². The van der Waals surface area contributed by atoms with Gasteiger partial charge in [0.1, 0.15) is 5.82 Å². The zero-order valence-electron chi connectivity index (χ0n) is 12.7. The Hall–Kier alpha value is -2.10. The van der Waals surface area contributed by atoms with E-state index < -0.39 is 35.8 Å². The second kappa shape index (κ2) is 7.03. The molecule has 1 amide bonds. The fourth-order valence-electron chi connectivity index (χ4n) is 2.33. The van der Waals surface area contributed by atoms with Crippen molar-refractivity contribution in [3.63, 3.8) is 0 Å². The van der Waals surface area contributed by atoms with Crippen LogP contribution in [0.1, 0.15) is 18.4 Å². The van der Waals surface area contributed by atoms with E-state index in [-0.39, 0.29) is 36.8 Å². The molecule has 0 bridgehead atoms. The number of nitrogens with zero attached hydrogens (tertiary/aromatic N) is 2. The molecule has 2 heterocycles. The van der Waals surface area contributed by atoms with Crippen LogP contribution in [-0.2, 0) is 15.8 Å². The van der Waals surface area contributed by atoms with Crippen LogP contribution in [0, 0.1) is 0 Å². The topological polar surface area (TPSA) is 82.5 Å². The number of rotatable bonds is 5. The molecule has 6 nitrogen and oxygen atoms in total. The number of alkyl halides is 4. The van der Waals surface area contributed by atoms with Crippen LogP contribution in [0.3, 0.4) is 0 Å². The molecule has 1 aromatic heterocycles. The summed E-state index contributed by atoms with van der Waals surface area (Å²) in [6.45, 7) is -0.541. The molecule has 0 radical (unpaired) electrons. The van der Waals surface area contributed by atoms with Gasteiger partial charge < -0.3 is 15.3 Å². The molecular formula is C14H14ClF4N3O3. The Morgan fingerprint density at radius 2 is 2.12 bits per heavy atom. The zero-order chi connectivity index (χ0) is 18.8. The molecule has 1 unspecified atom stereocenters. The lowest BCUT2D eigenvalue weighted by molar-refractivity contribution is -0.150. The number of likely N-dealkylation sites (tertiary alicyclic amines) is 1. The van der Waals surface area contributed by atoms with Gasteiger partial charge in [-0.1, -0.05) is 11.6 Å². The average molecular weight is 384 g/mol. The van der Waals surface area contributed by atoms with Crippen molar-refractivity contribution >= 4 is 29.3 Å². The predicted octanol–water partition coefficient (Wildman–Crippen LogP) is 2.58. The number of amides is 1. The quantitative estimate of drug-likeness (QED) is 0.764. The van der Waals surface area contributed by atoms with Crippen molar-refractivity contribution in [3.05, 3.63) is 22.8 Å². The van der Waals surface area contributed by atoms with E-state index >= 15 is 0 Å². The second-order valence-corrected chi connectivity index (χ2v) is 5.97. The molecule has 2 rings (SSSR count). The summed E-state index contributed by atoms with van der Waals surface area (Å²) >= 11 is 5.71. The molecule has 1 aromatic rings. The predicted molar refractivity (Wildman–Crippen MR) is 80.0 cm³/mol. The SMILES string of the molecule is O=C(CCNc1ncc(C(F)(F)F)cc1Cl)N1CCC(F)(C(=O)O)C1. The fourth-order valence-corrected chi connectivity index (χ4v) is 2.56. The molecule has 0 aromatic carbocycles. The Balaban J connectivity index is 1.87. The lowest BCUT2D eigenvalue weighted by atomic mass is 10.1. The van der Waals surface area contributed by atoms with Gasteiger partial charge in [0, 0.05) is 32.1 Å². The van der Waals surface area contributed by atoms with Gasteiger partial charge in [-0.25, -0.2) is 14.2 Å². The van der Waals surface area contributed by atoms with Crippen LogP contribution in [0.4, 0.5) is 23.4 Å². The molecule has 0 aliphatic carbocycles. The summed E-state index contributed by atoms with van der Waals surface area (Å²) in [6, 6.07) is 0.712. The Labute approximate surface area is 144 Å². The fraction of sp³-hybridized carbons (Fsp3) is 0.500. The smallest absolute Gasteiger partial charge is 0.417 e. The number of carbonyl (C=O) groups excluding carboxylic acids is 1. The van der Waals surface area contributed by atoms with E-state index in [1.165, 1.54) is 0 Å². The highest BCUT2D eigenvalue weighted by Gasteiger charge is 2.46. The maximum atomic E-state index is 13.9. The molecule has 11 heteroatoms. The number of carbonyl (C=O) groups is 2. The summed E-state index contributed by atoms with van der Waals surface area (Å²) in [6.07, 6.45) is -4.35. The van der Waals surface area contributed by atoms with Crippen LogP contribution in [-0.4, -0.2) is 52.2 Å². The third-order valence-electron chi connectivity index (χ3n) is 3.76. The average Bonchev–Trinajstić information content (AvgIpc) is 2.92. The normalized spacial score (nSPS) is 20.6. The second-order valence-electron chi connectivity index (χ2n) is 5.56. The summed E-state index contributed by atoms with van der Waals surface area (Å²) < 4.78 is 51.4. The number of pyridine rings is 1. The molecule has 0 saturated carbocycles. The minimum atomic E-state index is -4.57. The number of aliphatic carboxylic acids is 1. The van der Waals surface area contributed by atoms with Crippen LogP contribution >= 0.6 is 11.6 Å². The summed E-state index contributed by atoms with van der Waals surface area (Å²) in [5.74, 6) is -2.10. The molecule has 25 heavy (non-hydrogen) atoms. The lowest BCUT2D eigenvalue weighted by Gasteiger charge is -2.18. The molecule has 138 valence electrons. The number of aromatic nitrogens is 1. The van der Waals surface area contributed by atoms with Crippen molar-refractivity contribution in [1.82, 2.24) is 9.88 Å². The molecule has 1 saturated heterocycles. The van der Waals surface area contributed by atoms with Gasteiger partial charge >= 0.3 is 12.1 Å². The van der Waals surface area contributed by atoms with Gasteiger partial charge in [-0.3, -0.25) is 4.79 Å². The van der Waals surface area contributed by atoms with Gasteiger partial charge in [0.25, 0.3) is 0 Å². The monoisotopic (exact) mass is 383 g/mol. The van der Waals surface area contributed by atoms with Crippen molar-refractivity contribution in [2.24, 2.45) is 0 Å². The summed E-state index contributed by atoms with van der Waals surface area (Å²) in [4.78, 5) is 27.4. The maximum absolute atomic E-state index is 13.9. The highest BCUT2D eigenvalue weighted by atomic mass is 35.5. The largest absolute Gasteiger partial charge is 0.479 e. The number of anilines is 1. The minimum absolute atomic E-state index is 0.000223. The van der Waals surface area contributed by atoms with Crippen LogP contribution in [0.5, 0.6) is 0 Å². The highest BCUT2D eigenvalue weighted by molar-refractivity contribution is 6.32. The van der Waals surface area contributed by atoms with E-state index in [0.717, 1.165) is 4.90 Å². The van der Waals surface area contributed by atoms with Gasteiger partial charge in [-0.15, -0.1) is 0 Å². The third-order valence-corrected chi connectivity index (χ3v) is 4.04. The molecule has 2 N–H and O–H groups in total. The van der Waals surface area contributed by atoms with Crippen molar-refractivity contribution in [1.29, 1.82) is 0 Å². The van der Waals surface area contributed by atoms with E-state index in [9.17, 15) is 27.2 Å². The number of carboxylic acid groups (broad SMARTS) is 1. The molecule has 1 atom stereocenters. The van der Waals surface area contributed by atoms with E-state index in [2.05, 4.69) is 10.3 Å². The number of hydrogen-bond acceptors (Lipinski definition) is 4. The van der Waals surface area contributed by atoms with Crippen molar-refractivity contribution in [2.75, 3.05) is 25.0 Å². The van der Waals surface area contributed by atoms with Crippen molar-refractivity contribution in [3.8, 4) is 0 Å². The summed E-state index contributed by atoms with van der Waals surface area (Å²) in [7, 11) is 0. The Kier molecular flexibility index (Phi) is 5.40. The standard InChI is InChI=1S/C14H14ClF4N3O3/c15-9-5-8(14(17,18)19)6-21-11(9)20-3-1-10(23)22-4-2-13(16,7-22)12(24)25/h5-6H,1-4,7H2,(H,20,21)(H,24,25). The lowest BCUT2D eigenvalue weighted by Crippen LogP contribution is -2.39. The van der Waals surface area contributed by atoms with Gasteiger partial charge in [-0.05, 0) is 6.07 Å². The van der Waals surface area contributed by atoms with E-state index in [4.69, 9.17) is 16.7 Å². The minimum Gasteiger partial charge on any atom is -0.479 e. The van der Waals surface area contributed by atoms with Crippen molar-refractivity contribution in [2.45, 2.75) is 24.7 Å². The van der Waals surface area contributed by atoms with E-state index in [0.29, 0.717) is 12.3 Å². The summed E-state index contributed by atoms with van der Waals surface area (Å²) in [5, 5.41) is 11.1. The van der Waals surface area contributed by atoms with Crippen LogP contribution in [0.15, 0.2) is 12.3 Å². The van der Waals surface area contributed by atoms with Gasteiger partial charge in [0.15, 0.2) is 0 Å². The maximum Gasteiger partial charge on any atom is 0.417 e. The number of hydrogen-bond donors (Lipinski definition) is 2. The number of carboxylic acids is 1. The van der Waals surface area contributed by atoms with Crippen LogP contribution in [0.25, 0.3) is 0 Å². The van der Waals surface area contributed by atoms with Crippen LogP contribution in [0.2, 0.25) is 5.02 Å². The first-order valence-electron chi connectivity index (χ1n) is 7.19. The molecule has 1 fully saturated rings. The number of halogens is 5. The first-order valence-corrected chi connectivity index (χ1v) is 7.57. The Bertz CT molecular complexity index is 686.